The van der Waals surface area contributed by atoms with Crippen LogP contribution in [0.25, 0.3) is 0 Å². The highest BCUT2D eigenvalue weighted by Gasteiger charge is 2.36. The van der Waals surface area contributed by atoms with Gasteiger partial charge >= 0.3 is 5.97 Å². The zero-order valence-electron chi connectivity index (χ0n) is 12.9. The van der Waals surface area contributed by atoms with Gasteiger partial charge in [0.2, 0.25) is 5.91 Å². The summed E-state index contributed by atoms with van der Waals surface area (Å²) in [6.45, 7) is 0. The summed E-state index contributed by atoms with van der Waals surface area (Å²) in [7, 11) is 0. The summed E-state index contributed by atoms with van der Waals surface area (Å²) < 4.78 is 0. The van der Waals surface area contributed by atoms with E-state index in [9.17, 15) is 20.0 Å². The van der Waals surface area contributed by atoms with E-state index in [-0.39, 0.29) is 5.91 Å². The van der Waals surface area contributed by atoms with Crippen LogP contribution < -0.4 is 5.32 Å². The summed E-state index contributed by atoms with van der Waals surface area (Å²) in [5.41, 5.74) is 1.67. The topological polar surface area (TPSA) is 90.2 Å². The fraction of sp³-hybridized carbons (Fsp3) is 0.588. The average Bonchev–Trinajstić information content (AvgIpc) is 2.91. The lowest BCUT2D eigenvalue weighted by atomic mass is 9.78. The first-order chi connectivity index (χ1) is 11.1. The number of nitrogens with zero attached hydrogens (tertiary/aromatic N) is 1. The second kappa shape index (κ2) is 6.71. The predicted molar refractivity (Wildman–Crippen MR) is 87.4 cm³/mol. The van der Waals surface area contributed by atoms with Gasteiger partial charge in [-0.1, -0.05) is 12.8 Å². The Morgan fingerprint density at radius 3 is 2.52 bits per heavy atom. The van der Waals surface area contributed by atoms with E-state index in [1.807, 2.05) is 0 Å². The van der Waals surface area contributed by atoms with E-state index >= 15 is 0 Å². The first-order valence-electron chi connectivity index (χ1n) is 8.20. The zero-order valence-corrected chi connectivity index (χ0v) is 13.7. The van der Waals surface area contributed by atoms with E-state index in [2.05, 4.69) is 11.4 Å². The lowest BCUT2D eigenvalue weighted by Crippen LogP contribution is -2.36. The van der Waals surface area contributed by atoms with Gasteiger partial charge in [0, 0.05) is 4.88 Å². The van der Waals surface area contributed by atoms with Crippen molar-refractivity contribution in [3.63, 3.8) is 0 Å². The van der Waals surface area contributed by atoms with Crippen LogP contribution in [0.1, 0.15) is 54.5 Å². The molecular weight excluding hydrogens is 312 g/mol. The van der Waals surface area contributed by atoms with Gasteiger partial charge in [-0.15, -0.1) is 11.3 Å². The Kier molecular flexibility index (Phi) is 4.67. The smallest absolute Gasteiger partial charge is 0.307 e. The number of anilines is 1. The van der Waals surface area contributed by atoms with E-state index in [1.54, 1.807) is 0 Å². The SMILES string of the molecule is N#Cc1c(NC(=O)[C@@H]2CCCC[C@@H]2C(=O)O)sc2c1CCCC2. The Morgan fingerprint density at radius 2 is 1.83 bits per heavy atom. The van der Waals surface area contributed by atoms with E-state index in [1.165, 1.54) is 16.2 Å². The number of fused-ring (bicyclic) bond motifs is 1. The molecule has 0 saturated heterocycles. The molecule has 0 aromatic carbocycles. The summed E-state index contributed by atoms with van der Waals surface area (Å²) in [4.78, 5) is 25.2. The van der Waals surface area contributed by atoms with Crippen LogP contribution in [0.3, 0.4) is 0 Å². The monoisotopic (exact) mass is 332 g/mol. The standard InChI is InChI=1S/C17H20N2O3S/c18-9-13-10-5-3-4-8-14(10)23-16(13)19-15(20)11-6-1-2-7-12(11)17(21)22/h11-12H,1-8H2,(H,19,20)(H,21,22)/t11-,12+/m1/s1. The van der Waals surface area contributed by atoms with Gasteiger partial charge in [-0.05, 0) is 44.1 Å². The van der Waals surface area contributed by atoms with Crippen LogP contribution in [0.4, 0.5) is 5.00 Å². The second-order valence-electron chi connectivity index (χ2n) is 6.35. The summed E-state index contributed by atoms with van der Waals surface area (Å²) in [5.74, 6) is -2.24. The van der Waals surface area contributed by atoms with Gasteiger partial charge in [0.1, 0.15) is 11.1 Å². The van der Waals surface area contributed by atoms with Gasteiger partial charge in [0.25, 0.3) is 0 Å². The van der Waals surface area contributed by atoms with Gasteiger partial charge in [-0.3, -0.25) is 9.59 Å². The molecule has 1 saturated carbocycles. The molecule has 2 aliphatic carbocycles. The molecule has 5 nitrogen and oxygen atoms in total. The van der Waals surface area contributed by atoms with Crippen molar-refractivity contribution in [1.82, 2.24) is 0 Å². The van der Waals surface area contributed by atoms with Gasteiger partial charge in [-0.25, -0.2) is 0 Å². The number of nitriles is 1. The number of aliphatic carboxylic acids is 1. The van der Waals surface area contributed by atoms with Gasteiger partial charge in [-0.2, -0.15) is 5.26 Å². The van der Waals surface area contributed by atoms with Crippen molar-refractivity contribution in [3.05, 3.63) is 16.0 Å². The van der Waals surface area contributed by atoms with Crippen molar-refractivity contribution in [1.29, 1.82) is 5.26 Å². The van der Waals surface area contributed by atoms with Crippen LogP contribution in [0, 0.1) is 23.2 Å². The predicted octanol–water partition coefficient (Wildman–Crippen LogP) is 3.33. The summed E-state index contributed by atoms with van der Waals surface area (Å²) in [6, 6.07) is 2.23. The van der Waals surface area contributed by atoms with Crippen LogP contribution in [0.2, 0.25) is 0 Å². The third-order valence-electron chi connectivity index (χ3n) is 4.94. The van der Waals surface area contributed by atoms with Crippen molar-refractivity contribution in [2.24, 2.45) is 11.8 Å². The van der Waals surface area contributed by atoms with Gasteiger partial charge in [0.05, 0.1) is 17.4 Å². The fourth-order valence-corrected chi connectivity index (χ4v) is 4.96. The Bertz CT molecular complexity index is 674. The molecule has 0 bridgehead atoms. The first kappa shape index (κ1) is 16.0. The van der Waals surface area contributed by atoms with E-state index in [0.717, 1.165) is 44.1 Å². The Morgan fingerprint density at radius 1 is 1.13 bits per heavy atom. The largest absolute Gasteiger partial charge is 0.481 e. The number of carboxylic acids is 1. The Labute approximate surface area is 139 Å². The van der Waals surface area contributed by atoms with Crippen molar-refractivity contribution >= 4 is 28.2 Å². The molecule has 2 atom stereocenters. The van der Waals surface area contributed by atoms with E-state index < -0.39 is 17.8 Å². The van der Waals surface area contributed by atoms with Gasteiger partial charge < -0.3 is 10.4 Å². The van der Waals surface area contributed by atoms with E-state index in [0.29, 0.717) is 23.4 Å². The lowest BCUT2D eigenvalue weighted by Gasteiger charge is -2.27. The molecule has 0 aliphatic heterocycles. The van der Waals surface area contributed by atoms with Crippen molar-refractivity contribution in [2.75, 3.05) is 5.32 Å². The maximum absolute atomic E-state index is 12.6. The number of carbonyl (C=O) groups excluding carboxylic acids is 1. The maximum Gasteiger partial charge on any atom is 0.307 e. The van der Waals surface area contributed by atoms with Crippen LogP contribution >= 0.6 is 11.3 Å². The van der Waals surface area contributed by atoms with Crippen LogP contribution in [0.15, 0.2) is 0 Å². The number of thiophene rings is 1. The molecule has 2 N–H and O–H groups in total. The number of nitrogens with one attached hydrogen (secondary N) is 1. The molecule has 1 fully saturated rings. The quantitative estimate of drug-likeness (QED) is 0.888. The number of hydrogen-bond acceptors (Lipinski definition) is 4. The molecule has 2 aliphatic rings. The number of carbonyl (C=O) groups is 2. The number of aryl methyl sites for hydroxylation is 1. The number of carboxylic acid groups (broad SMARTS) is 1. The molecule has 1 aromatic rings. The van der Waals surface area contributed by atoms with Crippen LogP contribution in [-0.4, -0.2) is 17.0 Å². The third-order valence-corrected chi connectivity index (χ3v) is 6.15. The Hall–Kier alpha value is -1.87. The third kappa shape index (κ3) is 3.11. The summed E-state index contributed by atoms with van der Waals surface area (Å²) >= 11 is 1.49. The molecule has 6 heteroatoms. The normalized spacial score (nSPS) is 23.6. The molecule has 1 aromatic heterocycles. The highest BCUT2D eigenvalue weighted by Crippen LogP contribution is 2.39. The summed E-state index contributed by atoms with van der Waals surface area (Å²) in [6.07, 6.45) is 6.96. The Balaban J connectivity index is 1.81. The molecule has 1 heterocycles. The second-order valence-corrected chi connectivity index (χ2v) is 7.46. The minimum atomic E-state index is -0.893. The summed E-state index contributed by atoms with van der Waals surface area (Å²) in [5, 5.41) is 22.2. The highest BCUT2D eigenvalue weighted by molar-refractivity contribution is 7.16. The van der Waals surface area contributed by atoms with Crippen LogP contribution in [0.5, 0.6) is 0 Å². The fourth-order valence-electron chi connectivity index (χ4n) is 3.72. The number of amides is 1. The first-order valence-corrected chi connectivity index (χ1v) is 9.01. The molecule has 0 radical (unpaired) electrons. The minimum absolute atomic E-state index is 0.243. The molecule has 3 rings (SSSR count). The molecule has 23 heavy (non-hydrogen) atoms. The lowest BCUT2D eigenvalue weighted by molar-refractivity contribution is -0.147. The molecule has 0 spiro atoms. The van der Waals surface area contributed by atoms with Crippen molar-refractivity contribution < 1.29 is 14.7 Å². The highest BCUT2D eigenvalue weighted by atomic mass is 32.1. The van der Waals surface area contributed by atoms with Crippen molar-refractivity contribution in [2.45, 2.75) is 51.4 Å². The number of rotatable bonds is 3. The van der Waals surface area contributed by atoms with Gasteiger partial charge in [0.15, 0.2) is 0 Å². The molecule has 1 amide bonds. The number of hydrogen-bond donors (Lipinski definition) is 2. The van der Waals surface area contributed by atoms with E-state index in [4.69, 9.17) is 0 Å². The average molecular weight is 332 g/mol. The maximum atomic E-state index is 12.6. The molecule has 0 unspecified atom stereocenters. The van der Waals surface area contributed by atoms with Crippen LogP contribution in [-0.2, 0) is 22.4 Å². The van der Waals surface area contributed by atoms with Crippen molar-refractivity contribution in [3.8, 4) is 6.07 Å². The molecular formula is C17H20N2O3S. The minimum Gasteiger partial charge on any atom is -0.481 e. The zero-order chi connectivity index (χ0) is 16.4. The molecule has 122 valence electrons.